The molecule has 1 aliphatic rings. The van der Waals surface area contributed by atoms with Crippen LogP contribution in [0.3, 0.4) is 0 Å². The van der Waals surface area contributed by atoms with Crippen molar-refractivity contribution in [1.82, 2.24) is 0 Å². The number of halogens is 3. The van der Waals surface area contributed by atoms with E-state index < -0.39 is 0 Å². The van der Waals surface area contributed by atoms with Crippen LogP contribution in [0.25, 0.3) is 0 Å². The fourth-order valence-electron chi connectivity index (χ4n) is 2.95. The first-order valence-electron chi connectivity index (χ1n) is 6.97. The third kappa shape index (κ3) is 3.45. The molecule has 1 heterocycles. The predicted octanol–water partition coefficient (Wildman–Crippen LogP) is 5.20. The molecule has 0 amide bonds. The van der Waals surface area contributed by atoms with Crippen molar-refractivity contribution in [3.8, 4) is 0 Å². The molecule has 0 bridgehead atoms. The lowest BCUT2D eigenvalue weighted by atomic mass is 9.79. The van der Waals surface area contributed by atoms with E-state index in [2.05, 4.69) is 45.7 Å². The van der Waals surface area contributed by atoms with E-state index in [-0.39, 0.29) is 22.9 Å². The van der Waals surface area contributed by atoms with Crippen molar-refractivity contribution in [2.75, 3.05) is 10.7 Å². The lowest BCUT2D eigenvalue weighted by Crippen LogP contribution is -2.36. The first kappa shape index (κ1) is 16.4. The van der Waals surface area contributed by atoms with Gasteiger partial charge in [0.2, 0.25) is 0 Å². The first-order valence-corrected chi connectivity index (χ1v) is 9.21. The van der Waals surface area contributed by atoms with Gasteiger partial charge in [0.05, 0.1) is 11.7 Å². The highest BCUT2D eigenvalue weighted by atomic mass is 79.9. The van der Waals surface area contributed by atoms with Gasteiger partial charge in [-0.25, -0.2) is 4.39 Å². The molecule has 1 atom stereocenters. The molecule has 1 nitrogen and oxygen atoms in total. The smallest absolute Gasteiger partial charge is 0.127 e. The quantitative estimate of drug-likeness (QED) is 0.609. The van der Waals surface area contributed by atoms with Gasteiger partial charge >= 0.3 is 0 Å². The summed E-state index contributed by atoms with van der Waals surface area (Å²) in [6.45, 7) is 4.25. The Hall–Kier alpha value is 0.0700. The maximum Gasteiger partial charge on any atom is 0.127 e. The van der Waals surface area contributed by atoms with Crippen LogP contribution in [-0.4, -0.2) is 22.4 Å². The van der Waals surface area contributed by atoms with Crippen LogP contribution in [0, 0.1) is 5.82 Å². The third-order valence-electron chi connectivity index (χ3n) is 4.13. The van der Waals surface area contributed by atoms with Crippen LogP contribution in [0.15, 0.2) is 24.3 Å². The Bertz CT molecular complexity index is 458. The zero-order valence-electron chi connectivity index (χ0n) is 12.0. The number of benzene rings is 1. The zero-order chi connectivity index (χ0) is 14.8. The Balaban J connectivity index is 2.25. The van der Waals surface area contributed by atoms with E-state index in [1.54, 1.807) is 6.07 Å². The van der Waals surface area contributed by atoms with Gasteiger partial charge in [-0.2, -0.15) is 0 Å². The van der Waals surface area contributed by atoms with Crippen LogP contribution >= 0.6 is 31.9 Å². The van der Waals surface area contributed by atoms with E-state index in [1.807, 2.05) is 12.1 Å². The molecule has 0 aliphatic carbocycles. The largest absolute Gasteiger partial charge is 0.372 e. The van der Waals surface area contributed by atoms with Crippen molar-refractivity contribution in [3.05, 3.63) is 35.6 Å². The zero-order valence-corrected chi connectivity index (χ0v) is 15.1. The summed E-state index contributed by atoms with van der Waals surface area (Å²) in [5, 5.41) is 1.43. The second-order valence-electron chi connectivity index (χ2n) is 6.27. The van der Waals surface area contributed by atoms with Gasteiger partial charge in [0, 0.05) is 16.1 Å². The Morgan fingerprint density at radius 1 is 1.30 bits per heavy atom. The highest BCUT2D eigenvalue weighted by Gasteiger charge is 2.40. The molecular formula is C16H21Br2FO. The molecule has 0 saturated carbocycles. The molecule has 112 valence electrons. The summed E-state index contributed by atoms with van der Waals surface area (Å²) in [4.78, 5) is 0. The highest BCUT2D eigenvalue weighted by molar-refractivity contribution is 9.09. The third-order valence-corrected chi connectivity index (χ3v) is 6.28. The molecule has 0 spiro atoms. The van der Waals surface area contributed by atoms with Gasteiger partial charge in [0.1, 0.15) is 5.82 Å². The second kappa shape index (κ2) is 6.45. The number of ether oxygens (including phenoxy) is 1. The van der Waals surface area contributed by atoms with Crippen molar-refractivity contribution in [3.63, 3.8) is 0 Å². The maximum absolute atomic E-state index is 14.2. The van der Waals surface area contributed by atoms with Crippen molar-refractivity contribution < 1.29 is 9.13 Å². The molecule has 0 N–H and O–H groups in total. The van der Waals surface area contributed by atoms with Crippen LogP contribution in [0.4, 0.5) is 4.39 Å². The summed E-state index contributed by atoms with van der Waals surface area (Å²) in [5.74, 6) is -0.136. The van der Waals surface area contributed by atoms with E-state index >= 15 is 0 Å². The summed E-state index contributed by atoms with van der Waals surface area (Å²) < 4.78 is 20.3. The number of rotatable bonds is 5. The van der Waals surface area contributed by atoms with Crippen LogP contribution in [-0.2, 0) is 10.2 Å². The summed E-state index contributed by atoms with van der Waals surface area (Å²) in [7, 11) is 0. The van der Waals surface area contributed by atoms with Gasteiger partial charge in [-0.1, -0.05) is 50.1 Å². The fourth-order valence-corrected chi connectivity index (χ4v) is 4.94. The summed E-state index contributed by atoms with van der Waals surface area (Å²) in [5.41, 5.74) is 0.447. The topological polar surface area (TPSA) is 9.23 Å². The van der Waals surface area contributed by atoms with Crippen LogP contribution in [0.1, 0.15) is 38.7 Å². The molecule has 1 unspecified atom stereocenters. The number of hydrogen-bond acceptors (Lipinski definition) is 1. The van der Waals surface area contributed by atoms with Crippen LogP contribution in [0.2, 0.25) is 0 Å². The molecule has 2 rings (SSSR count). The first-order chi connectivity index (χ1) is 9.42. The Kier molecular flexibility index (Phi) is 5.30. The van der Waals surface area contributed by atoms with Crippen molar-refractivity contribution in [2.45, 2.75) is 50.2 Å². The Labute approximate surface area is 137 Å². The molecule has 1 aliphatic heterocycles. The molecule has 0 aromatic heterocycles. The lowest BCUT2D eigenvalue weighted by molar-refractivity contribution is -0.0249. The van der Waals surface area contributed by atoms with Gasteiger partial charge in [-0.15, -0.1) is 0 Å². The minimum absolute atomic E-state index is 0.0513. The maximum atomic E-state index is 14.2. The van der Waals surface area contributed by atoms with Gasteiger partial charge < -0.3 is 4.74 Å². The summed E-state index contributed by atoms with van der Waals surface area (Å²) >= 11 is 7.18. The Morgan fingerprint density at radius 2 is 1.95 bits per heavy atom. The standard InChI is InChI=1S/C16H21Br2FO/c1-15(2)8-7-12(20-15)9-16(10-17,11-18)13-5-3-4-6-14(13)19/h3-6,12H,7-11H2,1-2H3. The van der Waals surface area contributed by atoms with Crippen molar-refractivity contribution in [1.29, 1.82) is 0 Å². The van der Waals surface area contributed by atoms with E-state index in [0.717, 1.165) is 24.8 Å². The predicted molar refractivity (Wildman–Crippen MR) is 88.5 cm³/mol. The Morgan fingerprint density at radius 3 is 2.45 bits per heavy atom. The van der Waals surface area contributed by atoms with Gasteiger partial charge in [-0.3, -0.25) is 0 Å². The van der Waals surface area contributed by atoms with Gasteiger partial charge in [-0.05, 0) is 44.7 Å². The van der Waals surface area contributed by atoms with Crippen molar-refractivity contribution >= 4 is 31.9 Å². The molecule has 4 heteroatoms. The molecular weight excluding hydrogens is 387 g/mol. The highest BCUT2D eigenvalue weighted by Crippen LogP contribution is 2.40. The van der Waals surface area contributed by atoms with Crippen molar-refractivity contribution in [2.24, 2.45) is 0 Å². The number of hydrogen-bond donors (Lipinski definition) is 0. The average Bonchev–Trinajstić information content (AvgIpc) is 2.76. The lowest BCUT2D eigenvalue weighted by Gasteiger charge is -2.34. The molecule has 1 saturated heterocycles. The fraction of sp³-hybridized carbons (Fsp3) is 0.625. The monoisotopic (exact) mass is 406 g/mol. The summed E-state index contributed by atoms with van der Waals surface area (Å²) in [6.07, 6.45) is 3.13. The molecule has 1 aromatic rings. The SMILES string of the molecule is CC1(C)CCC(CC(CBr)(CBr)c2ccccc2F)O1. The van der Waals surface area contributed by atoms with Gasteiger partial charge in [0.25, 0.3) is 0 Å². The van der Waals surface area contributed by atoms with Crippen LogP contribution in [0.5, 0.6) is 0 Å². The average molecular weight is 408 g/mol. The van der Waals surface area contributed by atoms with Gasteiger partial charge in [0.15, 0.2) is 0 Å². The second-order valence-corrected chi connectivity index (χ2v) is 7.39. The van der Waals surface area contributed by atoms with E-state index in [4.69, 9.17) is 4.74 Å². The van der Waals surface area contributed by atoms with E-state index in [0.29, 0.717) is 10.7 Å². The normalized spacial score (nSPS) is 22.1. The summed E-state index contributed by atoms with van der Waals surface area (Å²) in [6, 6.07) is 7.06. The molecule has 20 heavy (non-hydrogen) atoms. The van der Waals surface area contributed by atoms with E-state index in [9.17, 15) is 4.39 Å². The minimum Gasteiger partial charge on any atom is -0.372 e. The number of alkyl halides is 2. The molecule has 1 fully saturated rings. The molecule has 0 radical (unpaired) electrons. The minimum atomic E-state index is -0.267. The van der Waals surface area contributed by atoms with Crippen LogP contribution < -0.4 is 0 Å². The molecule has 1 aromatic carbocycles. The van der Waals surface area contributed by atoms with E-state index in [1.165, 1.54) is 6.07 Å².